The maximum absolute atomic E-state index is 12.4. The highest BCUT2D eigenvalue weighted by atomic mass is 16.4. The normalized spacial score (nSPS) is 15.3. The number of aromatic amines is 1. The zero-order chi connectivity index (χ0) is 25.5. The monoisotopic (exact) mass is 485 g/mol. The van der Waals surface area contributed by atoms with Crippen LogP contribution in [0.4, 0.5) is 23.1 Å². The molecule has 0 saturated carbocycles. The van der Waals surface area contributed by atoms with Crippen LogP contribution in [0.15, 0.2) is 29.1 Å². The molecule has 6 N–H and O–H groups in total. The van der Waals surface area contributed by atoms with E-state index < -0.39 is 35.5 Å². The first-order valence-electron chi connectivity index (χ1n) is 10.6. The summed E-state index contributed by atoms with van der Waals surface area (Å²) in [5.74, 6) is -3.36. The third kappa shape index (κ3) is 6.25. The number of nitrogens with two attached hydrogens (primary N) is 1. The van der Waals surface area contributed by atoms with E-state index in [9.17, 15) is 34.2 Å². The zero-order valence-corrected chi connectivity index (χ0v) is 18.4. The standard InChI is InChI=1S/C21H25N7O7/c22-21-26-17-16(19(33)27-21)28(10-29)13(9-24-17)8-23-12-6-4-11(5-7-12)18(32)25-14(20(34)35)2-1-3-15(30)31/h4-7,10,13-14,23H,1-3,8-9H2,(H,25,32)(H,30,31)(H,34,35)(H4,22,24,26,27,33)/p-2/t13-,14-/m1/s1. The summed E-state index contributed by atoms with van der Waals surface area (Å²) in [6.45, 7) is 0.559. The van der Waals surface area contributed by atoms with Crippen molar-refractivity contribution in [2.45, 2.75) is 31.3 Å². The number of H-pyrrole nitrogens is 1. The van der Waals surface area contributed by atoms with Gasteiger partial charge in [0.05, 0.1) is 18.1 Å². The van der Waals surface area contributed by atoms with Gasteiger partial charge >= 0.3 is 0 Å². The molecule has 3 rings (SSSR count). The van der Waals surface area contributed by atoms with Crippen LogP contribution in [0.2, 0.25) is 0 Å². The van der Waals surface area contributed by atoms with Crippen molar-refractivity contribution in [1.82, 2.24) is 15.3 Å². The number of carbonyl (C=O) groups is 4. The van der Waals surface area contributed by atoms with Gasteiger partial charge < -0.3 is 46.4 Å². The van der Waals surface area contributed by atoms with Crippen LogP contribution in [-0.2, 0) is 14.4 Å². The lowest BCUT2D eigenvalue weighted by molar-refractivity contribution is -0.310. The molecule has 14 heteroatoms. The number of hydrogen-bond donors (Lipinski definition) is 5. The van der Waals surface area contributed by atoms with Crippen molar-refractivity contribution in [3.8, 4) is 0 Å². The minimum Gasteiger partial charge on any atom is -0.550 e. The van der Waals surface area contributed by atoms with Gasteiger partial charge in [-0.15, -0.1) is 0 Å². The second-order valence-corrected chi connectivity index (χ2v) is 7.76. The summed E-state index contributed by atoms with van der Waals surface area (Å²) in [4.78, 5) is 65.6. The molecule has 35 heavy (non-hydrogen) atoms. The molecule has 14 nitrogen and oxygen atoms in total. The van der Waals surface area contributed by atoms with Crippen molar-refractivity contribution in [1.29, 1.82) is 0 Å². The van der Waals surface area contributed by atoms with Gasteiger partial charge in [-0.25, -0.2) is 0 Å². The van der Waals surface area contributed by atoms with Gasteiger partial charge in [0.2, 0.25) is 12.4 Å². The lowest BCUT2D eigenvalue weighted by Crippen LogP contribution is -2.50. The Hall–Kier alpha value is -4.62. The van der Waals surface area contributed by atoms with E-state index in [0.29, 0.717) is 18.6 Å². The van der Waals surface area contributed by atoms with Crippen LogP contribution in [0.3, 0.4) is 0 Å². The molecule has 1 aliphatic rings. The number of aliphatic carboxylic acids is 2. The van der Waals surface area contributed by atoms with Crippen LogP contribution in [-0.4, -0.2) is 59.4 Å². The Morgan fingerprint density at radius 3 is 2.60 bits per heavy atom. The van der Waals surface area contributed by atoms with Crippen molar-refractivity contribution < 1.29 is 29.4 Å². The number of aromatic nitrogens is 2. The summed E-state index contributed by atoms with van der Waals surface area (Å²) in [7, 11) is 0. The number of rotatable bonds is 11. The summed E-state index contributed by atoms with van der Waals surface area (Å²) in [6, 6.07) is 4.33. The van der Waals surface area contributed by atoms with Crippen molar-refractivity contribution in [2.75, 3.05) is 34.4 Å². The average molecular weight is 485 g/mol. The molecular weight excluding hydrogens is 462 g/mol. The molecule has 0 spiro atoms. The molecule has 2 aromatic rings. The van der Waals surface area contributed by atoms with Crippen LogP contribution in [0.25, 0.3) is 0 Å². The van der Waals surface area contributed by atoms with Crippen LogP contribution >= 0.6 is 0 Å². The van der Waals surface area contributed by atoms with Gasteiger partial charge in [-0.1, -0.05) is 0 Å². The van der Waals surface area contributed by atoms with Gasteiger partial charge in [-0.3, -0.25) is 19.4 Å². The highest BCUT2D eigenvalue weighted by Gasteiger charge is 2.29. The smallest absolute Gasteiger partial charge is 0.278 e. The lowest BCUT2D eigenvalue weighted by Gasteiger charge is -2.34. The summed E-state index contributed by atoms with van der Waals surface area (Å²) < 4.78 is 0. The fourth-order valence-electron chi connectivity index (χ4n) is 3.57. The third-order valence-electron chi connectivity index (χ3n) is 5.34. The number of anilines is 4. The van der Waals surface area contributed by atoms with E-state index in [1.807, 2.05) is 0 Å². The molecule has 0 unspecified atom stereocenters. The van der Waals surface area contributed by atoms with E-state index in [1.165, 1.54) is 17.0 Å². The van der Waals surface area contributed by atoms with Crippen molar-refractivity contribution in [3.05, 3.63) is 40.2 Å². The number of hydrogen-bond acceptors (Lipinski definition) is 11. The topological polar surface area (TPSA) is 225 Å². The highest BCUT2D eigenvalue weighted by Crippen LogP contribution is 2.25. The van der Waals surface area contributed by atoms with E-state index in [1.54, 1.807) is 12.1 Å². The van der Waals surface area contributed by atoms with Crippen molar-refractivity contribution in [3.63, 3.8) is 0 Å². The van der Waals surface area contributed by atoms with Crippen LogP contribution < -0.4 is 42.4 Å². The molecule has 1 aliphatic heterocycles. The Kier molecular flexibility index (Phi) is 7.86. The zero-order valence-electron chi connectivity index (χ0n) is 18.4. The van der Waals surface area contributed by atoms with Gasteiger partial charge in [-0.2, -0.15) is 4.98 Å². The maximum atomic E-state index is 12.4. The minimum atomic E-state index is -1.52. The molecule has 0 radical (unpaired) electrons. The van der Waals surface area contributed by atoms with Crippen LogP contribution in [0, 0.1) is 0 Å². The number of nitrogen functional groups attached to an aromatic ring is 1. The predicted octanol–water partition coefficient (Wildman–Crippen LogP) is -3.01. The molecule has 0 bridgehead atoms. The van der Waals surface area contributed by atoms with E-state index in [0.717, 1.165) is 0 Å². The molecule has 2 atom stereocenters. The van der Waals surface area contributed by atoms with Crippen LogP contribution in [0.5, 0.6) is 0 Å². The SMILES string of the molecule is Nc1nc2c(c(=O)[nH]1)N(C=O)[C@H](CNc1ccc(C(=O)N[C@H](CCCC(=O)[O-])C(=O)[O-])cc1)CN2. The first-order chi connectivity index (χ1) is 16.7. The highest BCUT2D eigenvalue weighted by molar-refractivity contribution is 5.96. The summed E-state index contributed by atoms with van der Waals surface area (Å²) >= 11 is 0. The van der Waals surface area contributed by atoms with Gasteiger partial charge in [0, 0.05) is 30.3 Å². The molecule has 0 fully saturated rings. The molecule has 2 heterocycles. The molecule has 2 amide bonds. The number of amides is 2. The quantitative estimate of drug-likeness (QED) is 0.201. The molecule has 186 valence electrons. The summed E-state index contributed by atoms with van der Waals surface area (Å²) in [5, 5.41) is 30.1. The fraction of sp³-hybridized carbons (Fsp3) is 0.333. The molecule has 0 saturated heterocycles. The minimum absolute atomic E-state index is 0.0116. The number of fused-ring (bicyclic) bond motifs is 1. The number of benzene rings is 1. The molecule has 1 aromatic carbocycles. The Labute approximate surface area is 198 Å². The van der Waals surface area contributed by atoms with E-state index >= 15 is 0 Å². The second-order valence-electron chi connectivity index (χ2n) is 7.76. The first kappa shape index (κ1) is 25.0. The van der Waals surface area contributed by atoms with Crippen molar-refractivity contribution >= 4 is 47.4 Å². The summed E-state index contributed by atoms with van der Waals surface area (Å²) in [5.41, 5.74) is 5.82. The Bertz CT molecular complexity index is 1170. The second kappa shape index (κ2) is 11.0. The van der Waals surface area contributed by atoms with E-state index in [2.05, 4.69) is 25.9 Å². The molecular formula is C21H23N7O7-2. The number of nitrogens with zero attached hydrogens (tertiary/aromatic N) is 2. The van der Waals surface area contributed by atoms with Gasteiger partial charge in [0.25, 0.3) is 11.5 Å². The van der Waals surface area contributed by atoms with E-state index in [-0.39, 0.29) is 48.8 Å². The van der Waals surface area contributed by atoms with E-state index in [4.69, 9.17) is 5.73 Å². The maximum Gasteiger partial charge on any atom is 0.278 e. The Morgan fingerprint density at radius 2 is 1.97 bits per heavy atom. The Morgan fingerprint density at radius 1 is 1.26 bits per heavy atom. The molecule has 0 aliphatic carbocycles. The lowest BCUT2D eigenvalue weighted by atomic mass is 10.1. The number of carbonyl (C=O) groups excluding carboxylic acids is 4. The first-order valence-corrected chi connectivity index (χ1v) is 10.6. The van der Waals surface area contributed by atoms with Crippen LogP contribution in [0.1, 0.15) is 29.6 Å². The predicted molar refractivity (Wildman–Crippen MR) is 120 cm³/mol. The Balaban J connectivity index is 1.59. The fourth-order valence-corrected chi connectivity index (χ4v) is 3.57. The van der Waals surface area contributed by atoms with Gasteiger partial charge in [0.15, 0.2) is 11.5 Å². The average Bonchev–Trinajstić information content (AvgIpc) is 2.81. The number of carboxylic acids is 2. The molecule has 1 aromatic heterocycles. The summed E-state index contributed by atoms with van der Waals surface area (Å²) in [6.07, 6.45) is 0.103. The van der Waals surface area contributed by atoms with Gasteiger partial charge in [-0.05, 0) is 43.5 Å². The number of carboxylic acid groups (broad SMARTS) is 2. The number of nitrogens with one attached hydrogen (secondary N) is 4. The third-order valence-corrected chi connectivity index (χ3v) is 5.34. The van der Waals surface area contributed by atoms with Gasteiger partial charge in [0.1, 0.15) is 0 Å². The van der Waals surface area contributed by atoms with Crippen molar-refractivity contribution in [2.24, 2.45) is 0 Å². The largest absolute Gasteiger partial charge is 0.550 e.